The predicted octanol–water partition coefficient (Wildman–Crippen LogP) is 5.88. The minimum atomic E-state index is 0.770. The summed E-state index contributed by atoms with van der Waals surface area (Å²) in [5.41, 5.74) is 7.23. The topological polar surface area (TPSA) is 15.6 Å². The van der Waals surface area contributed by atoms with Crippen LogP contribution in [0.25, 0.3) is 6.08 Å². The minimum Gasteiger partial charge on any atom is -0.372 e. The second kappa shape index (κ2) is 8.45. The lowest BCUT2D eigenvalue weighted by Gasteiger charge is -2.18. The molecular formula is C25H23ClN2. The molecule has 0 atom stereocenters. The number of benzodiazepines with no additional fused rings is 1. The smallest absolute Gasteiger partial charge is 0.0668 e. The van der Waals surface area contributed by atoms with Crippen molar-refractivity contribution in [1.29, 1.82) is 0 Å². The molecule has 0 fully saturated rings. The second-order valence-electron chi connectivity index (χ2n) is 7.04. The lowest BCUT2D eigenvalue weighted by atomic mass is 9.98. The van der Waals surface area contributed by atoms with Crippen LogP contribution in [0.2, 0.25) is 5.02 Å². The van der Waals surface area contributed by atoms with E-state index in [0.717, 1.165) is 30.2 Å². The van der Waals surface area contributed by atoms with Gasteiger partial charge in [0.05, 0.1) is 12.3 Å². The van der Waals surface area contributed by atoms with Gasteiger partial charge in [0.25, 0.3) is 0 Å². The van der Waals surface area contributed by atoms with Gasteiger partial charge in [-0.15, -0.1) is 0 Å². The maximum absolute atomic E-state index is 6.02. The van der Waals surface area contributed by atoms with E-state index >= 15 is 0 Å². The van der Waals surface area contributed by atoms with Gasteiger partial charge in [-0.3, -0.25) is 4.99 Å². The van der Waals surface area contributed by atoms with Crippen LogP contribution in [0, 0.1) is 0 Å². The van der Waals surface area contributed by atoms with Gasteiger partial charge in [-0.2, -0.15) is 0 Å². The van der Waals surface area contributed by atoms with E-state index in [1.807, 2.05) is 12.1 Å². The number of hydrogen-bond acceptors (Lipinski definition) is 2. The van der Waals surface area contributed by atoms with Gasteiger partial charge in [-0.1, -0.05) is 72.3 Å². The van der Waals surface area contributed by atoms with Crippen LogP contribution in [-0.2, 0) is 6.42 Å². The lowest BCUT2D eigenvalue weighted by Crippen LogP contribution is -2.20. The van der Waals surface area contributed by atoms with Crippen LogP contribution in [0.3, 0.4) is 0 Å². The van der Waals surface area contributed by atoms with Crippen molar-refractivity contribution in [3.8, 4) is 0 Å². The highest BCUT2D eigenvalue weighted by Gasteiger charge is 2.13. The normalized spacial score (nSPS) is 13.9. The van der Waals surface area contributed by atoms with Crippen molar-refractivity contribution in [2.75, 3.05) is 25.0 Å². The molecule has 0 unspecified atom stereocenters. The molecule has 3 aromatic rings. The molecule has 140 valence electrons. The highest BCUT2D eigenvalue weighted by molar-refractivity contribution is 6.30. The molecule has 0 saturated heterocycles. The number of para-hydroxylation sites is 1. The molecular weight excluding hydrogens is 364 g/mol. The molecule has 4 rings (SSSR count). The first kappa shape index (κ1) is 18.5. The predicted molar refractivity (Wildman–Crippen MR) is 121 cm³/mol. The first-order valence-corrected chi connectivity index (χ1v) is 9.94. The summed E-state index contributed by atoms with van der Waals surface area (Å²) < 4.78 is 0. The summed E-state index contributed by atoms with van der Waals surface area (Å²) in [5.74, 6) is 0. The van der Waals surface area contributed by atoms with E-state index in [4.69, 9.17) is 16.6 Å². The van der Waals surface area contributed by atoms with E-state index in [0.29, 0.717) is 0 Å². The van der Waals surface area contributed by atoms with E-state index < -0.39 is 0 Å². The van der Waals surface area contributed by atoms with E-state index in [2.05, 4.69) is 84.8 Å². The van der Waals surface area contributed by atoms with Crippen LogP contribution in [0.5, 0.6) is 0 Å². The Labute approximate surface area is 171 Å². The fourth-order valence-electron chi connectivity index (χ4n) is 3.54. The summed E-state index contributed by atoms with van der Waals surface area (Å²) in [7, 11) is 2.13. The largest absolute Gasteiger partial charge is 0.372 e. The van der Waals surface area contributed by atoms with Crippen molar-refractivity contribution in [1.82, 2.24) is 0 Å². The molecule has 0 amide bonds. The molecule has 1 heterocycles. The second-order valence-corrected chi connectivity index (χ2v) is 7.48. The number of aliphatic imine (C=N–C) groups is 1. The summed E-state index contributed by atoms with van der Waals surface area (Å²) in [6.07, 6.45) is 5.22. The monoisotopic (exact) mass is 386 g/mol. The zero-order valence-corrected chi connectivity index (χ0v) is 16.7. The maximum Gasteiger partial charge on any atom is 0.0668 e. The molecule has 0 radical (unpaired) electrons. The van der Waals surface area contributed by atoms with E-state index in [1.54, 1.807) is 0 Å². The Morgan fingerprint density at radius 1 is 0.929 bits per heavy atom. The Kier molecular flexibility index (Phi) is 5.59. The Balaban J connectivity index is 1.63. The van der Waals surface area contributed by atoms with Crippen molar-refractivity contribution >= 4 is 29.1 Å². The van der Waals surface area contributed by atoms with Crippen molar-refractivity contribution in [3.63, 3.8) is 0 Å². The van der Waals surface area contributed by atoms with Gasteiger partial charge < -0.3 is 4.90 Å². The van der Waals surface area contributed by atoms with E-state index in [-0.39, 0.29) is 0 Å². The number of allylic oxidation sites excluding steroid dienone is 1. The highest BCUT2D eigenvalue weighted by atomic mass is 35.5. The number of fused-ring (bicyclic) bond motifs is 1. The van der Waals surface area contributed by atoms with Gasteiger partial charge in [0, 0.05) is 29.9 Å². The third-order valence-electron chi connectivity index (χ3n) is 5.09. The van der Waals surface area contributed by atoms with Crippen molar-refractivity contribution < 1.29 is 0 Å². The zero-order valence-electron chi connectivity index (χ0n) is 16.0. The van der Waals surface area contributed by atoms with Crippen molar-refractivity contribution in [2.45, 2.75) is 6.42 Å². The number of nitrogens with zero attached hydrogens (tertiary/aromatic N) is 2. The molecule has 0 saturated carbocycles. The van der Waals surface area contributed by atoms with E-state index in [9.17, 15) is 0 Å². The fourth-order valence-corrected chi connectivity index (χ4v) is 3.67. The highest BCUT2D eigenvalue weighted by Crippen LogP contribution is 2.24. The minimum absolute atomic E-state index is 0.770. The number of anilines is 1. The molecule has 0 spiro atoms. The van der Waals surface area contributed by atoms with Gasteiger partial charge in [-0.25, -0.2) is 0 Å². The number of rotatable bonds is 4. The van der Waals surface area contributed by atoms with Gasteiger partial charge in [-0.05, 0) is 47.4 Å². The third-order valence-corrected chi connectivity index (χ3v) is 5.34. The van der Waals surface area contributed by atoms with E-state index in [1.165, 1.54) is 27.9 Å². The first-order chi connectivity index (χ1) is 13.7. The van der Waals surface area contributed by atoms with Crippen LogP contribution < -0.4 is 4.90 Å². The molecule has 0 aromatic heterocycles. The molecule has 3 heteroatoms. The van der Waals surface area contributed by atoms with Crippen molar-refractivity contribution in [2.24, 2.45) is 4.99 Å². The molecule has 0 aliphatic carbocycles. The summed E-state index contributed by atoms with van der Waals surface area (Å²) in [6.45, 7) is 1.73. The van der Waals surface area contributed by atoms with Crippen LogP contribution in [0.4, 0.5) is 5.69 Å². The number of halogens is 1. The fraction of sp³-hybridized carbons (Fsp3) is 0.160. The summed E-state index contributed by atoms with van der Waals surface area (Å²) in [5, 5.41) is 0.770. The number of hydrogen-bond donors (Lipinski definition) is 0. The quantitative estimate of drug-likeness (QED) is 0.546. The molecule has 0 bridgehead atoms. The van der Waals surface area contributed by atoms with Gasteiger partial charge in [0.2, 0.25) is 0 Å². The Morgan fingerprint density at radius 3 is 2.54 bits per heavy atom. The Morgan fingerprint density at radius 2 is 1.68 bits per heavy atom. The van der Waals surface area contributed by atoms with Gasteiger partial charge in [0.1, 0.15) is 0 Å². The number of benzene rings is 3. The molecule has 0 N–H and O–H groups in total. The standard InChI is InChI=1S/C25H23ClN2/c1-28-17-16-27-24(23-8-4-5-9-25(23)28)15-12-20-6-2-3-7-21(20)18-19-10-13-22(26)14-11-19/h2-15H,16-18H2,1H3/b15-12+. The molecule has 1 aliphatic rings. The summed E-state index contributed by atoms with van der Waals surface area (Å²) >= 11 is 6.02. The van der Waals surface area contributed by atoms with Crippen molar-refractivity contribution in [3.05, 3.63) is 106 Å². The maximum atomic E-state index is 6.02. The SMILES string of the molecule is CN1CCN=C(/C=C/c2ccccc2Cc2ccc(Cl)cc2)c2ccccc21. The molecule has 28 heavy (non-hydrogen) atoms. The van der Waals surface area contributed by atoms with Crippen LogP contribution in [0.1, 0.15) is 22.3 Å². The average molecular weight is 387 g/mol. The third kappa shape index (κ3) is 4.18. The zero-order chi connectivity index (χ0) is 19.3. The van der Waals surface area contributed by atoms with Gasteiger partial charge >= 0.3 is 0 Å². The molecule has 2 nitrogen and oxygen atoms in total. The molecule has 1 aliphatic heterocycles. The lowest BCUT2D eigenvalue weighted by molar-refractivity contribution is 0.897. The Hall–Kier alpha value is -2.84. The summed E-state index contributed by atoms with van der Waals surface area (Å²) in [4.78, 5) is 7.10. The van der Waals surface area contributed by atoms with Gasteiger partial charge in [0.15, 0.2) is 0 Å². The van der Waals surface area contributed by atoms with Crippen LogP contribution in [0.15, 0.2) is 83.9 Å². The van der Waals surface area contributed by atoms with Crippen LogP contribution >= 0.6 is 11.6 Å². The summed E-state index contributed by atoms with van der Waals surface area (Å²) in [6, 6.07) is 25.1. The average Bonchev–Trinajstić information content (AvgIpc) is 2.88. The Bertz CT molecular complexity index is 1020. The van der Waals surface area contributed by atoms with Crippen LogP contribution in [-0.4, -0.2) is 25.8 Å². The first-order valence-electron chi connectivity index (χ1n) is 9.56. The number of likely N-dealkylation sites (N-methyl/N-ethyl adjacent to an activating group) is 1. The molecule has 3 aromatic carbocycles.